The summed E-state index contributed by atoms with van der Waals surface area (Å²) in [6.07, 6.45) is 0. The van der Waals surface area contributed by atoms with E-state index in [1.165, 1.54) is 21.0 Å². The number of carbonyl (C=O) groups is 2. The lowest BCUT2D eigenvalue weighted by Gasteiger charge is -2.20. The predicted octanol–water partition coefficient (Wildman–Crippen LogP) is 2.05. The fraction of sp³-hybridized carbons (Fsp3) is 0.263. The van der Waals surface area contributed by atoms with Gasteiger partial charge in [0.25, 0.3) is 0 Å². The van der Waals surface area contributed by atoms with Gasteiger partial charge >= 0.3 is 11.9 Å². The van der Waals surface area contributed by atoms with Gasteiger partial charge in [0.15, 0.2) is 11.2 Å². The second kappa shape index (κ2) is 8.41. The van der Waals surface area contributed by atoms with Crippen LogP contribution in [0, 0.1) is 0 Å². The molecule has 6 heteroatoms. The highest BCUT2D eigenvalue weighted by atomic mass is 16.5. The first-order chi connectivity index (χ1) is 11.6. The van der Waals surface area contributed by atoms with E-state index in [2.05, 4.69) is 4.74 Å². The molecule has 6 nitrogen and oxygen atoms in total. The zero-order chi connectivity index (χ0) is 19.1. The number of aliphatic hydroxyl groups is 2. The molecule has 25 heavy (non-hydrogen) atoms. The van der Waals surface area contributed by atoms with Gasteiger partial charge in [0.05, 0.1) is 7.11 Å². The van der Waals surface area contributed by atoms with Crippen LogP contribution in [-0.2, 0) is 25.5 Å². The molecule has 134 valence electrons. The summed E-state index contributed by atoms with van der Waals surface area (Å²) in [4.78, 5) is 21.7. The number of ether oxygens (including phenoxy) is 1. The molecule has 1 unspecified atom stereocenters. The van der Waals surface area contributed by atoms with E-state index in [-0.39, 0.29) is 0 Å². The molecule has 2 aromatic rings. The largest absolute Gasteiger partial charge is 0.479 e. The van der Waals surface area contributed by atoms with E-state index in [0.717, 1.165) is 0 Å². The third-order valence-electron chi connectivity index (χ3n) is 3.67. The van der Waals surface area contributed by atoms with E-state index in [9.17, 15) is 19.8 Å². The Kier molecular flexibility index (Phi) is 6.85. The minimum absolute atomic E-state index is 0.387. The summed E-state index contributed by atoms with van der Waals surface area (Å²) in [7, 11) is 1.25. The van der Waals surface area contributed by atoms with Crippen LogP contribution in [-0.4, -0.2) is 34.4 Å². The van der Waals surface area contributed by atoms with E-state index >= 15 is 0 Å². The number of carboxylic acid groups (broad SMARTS) is 1. The topological polar surface area (TPSA) is 104 Å². The van der Waals surface area contributed by atoms with Crippen LogP contribution in [0.25, 0.3) is 0 Å². The Morgan fingerprint density at radius 2 is 1.16 bits per heavy atom. The molecular formula is C19H22O6. The molecule has 0 aromatic heterocycles. The Hall–Kier alpha value is -2.70. The van der Waals surface area contributed by atoms with Gasteiger partial charge in [-0.05, 0) is 25.0 Å². The highest BCUT2D eigenvalue weighted by Gasteiger charge is 2.33. The molecule has 2 atom stereocenters. The zero-order valence-corrected chi connectivity index (χ0v) is 14.3. The van der Waals surface area contributed by atoms with E-state index in [0.29, 0.717) is 11.1 Å². The normalized spacial score (nSPS) is 14.9. The van der Waals surface area contributed by atoms with Crippen LogP contribution in [0.15, 0.2) is 60.7 Å². The number of methoxy groups -OCH3 is 1. The van der Waals surface area contributed by atoms with Crippen LogP contribution in [0.2, 0.25) is 0 Å². The molecule has 0 fully saturated rings. The maximum absolute atomic E-state index is 11.2. The summed E-state index contributed by atoms with van der Waals surface area (Å²) in [6, 6.07) is 17.0. The Balaban J connectivity index is 0.000000251. The minimum atomic E-state index is -1.79. The van der Waals surface area contributed by atoms with E-state index < -0.39 is 23.1 Å². The third-order valence-corrected chi connectivity index (χ3v) is 3.67. The van der Waals surface area contributed by atoms with Gasteiger partial charge in [-0.2, -0.15) is 0 Å². The number of esters is 1. The maximum atomic E-state index is 11.2. The Labute approximate surface area is 146 Å². The van der Waals surface area contributed by atoms with Crippen LogP contribution in [0.5, 0.6) is 0 Å². The van der Waals surface area contributed by atoms with Crippen molar-refractivity contribution in [3.05, 3.63) is 71.8 Å². The molecule has 0 heterocycles. The van der Waals surface area contributed by atoms with Crippen molar-refractivity contribution in [1.82, 2.24) is 0 Å². The van der Waals surface area contributed by atoms with Gasteiger partial charge in [-0.1, -0.05) is 60.7 Å². The highest BCUT2D eigenvalue weighted by molar-refractivity contribution is 5.80. The maximum Gasteiger partial charge on any atom is 0.342 e. The van der Waals surface area contributed by atoms with Crippen LogP contribution < -0.4 is 0 Å². The number of hydrogen-bond acceptors (Lipinski definition) is 5. The second-order valence-corrected chi connectivity index (χ2v) is 5.67. The van der Waals surface area contributed by atoms with Crippen molar-refractivity contribution < 1.29 is 29.6 Å². The van der Waals surface area contributed by atoms with Crippen molar-refractivity contribution in [2.75, 3.05) is 7.11 Å². The smallest absolute Gasteiger partial charge is 0.342 e. The van der Waals surface area contributed by atoms with Gasteiger partial charge in [0.2, 0.25) is 0 Å². The summed E-state index contributed by atoms with van der Waals surface area (Å²) in [5, 5.41) is 27.9. The molecule has 0 spiro atoms. The monoisotopic (exact) mass is 346 g/mol. The predicted molar refractivity (Wildman–Crippen MR) is 91.7 cm³/mol. The number of rotatable bonds is 4. The third kappa shape index (κ3) is 5.14. The average Bonchev–Trinajstić information content (AvgIpc) is 2.62. The number of carbonyl (C=O) groups excluding carboxylic acids is 1. The van der Waals surface area contributed by atoms with Crippen molar-refractivity contribution in [2.24, 2.45) is 0 Å². The molecule has 0 aliphatic rings. The highest BCUT2D eigenvalue weighted by Crippen LogP contribution is 2.21. The molecule has 2 aromatic carbocycles. The van der Waals surface area contributed by atoms with Crippen molar-refractivity contribution in [3.8, 4) is 0 Å². The lowest BCUT2D eigenvalue weighted by molar-refractivity contribution is -0.161. The molecular weight excluding hydrogens is 324 g/mol. The van der Waals surface area contributed by atoms with Crippen LogP contribution in [0.1, 0.15) is 25.0 Å². The SMILES string of the molecule is COC(=O)C(C)(O)c1ccccc1.C[C@](O)(C(=O)O)c1ccccc1. The fourth-order valence-corrected chi connectivity index (χ4v) is 1.97. The molecule has 3 N–H and O–H groups in total. The number of benzene rings is 2. The summed E-state index contributed by atoms with van der Waals surface area (Å²) in [5.41, 5.74) is -2.43. The van der Waals surface area contributed by atoms with Gasteiger partial charge in [-0.25, -0.2) is 9.59 Å². The number of aliphatic carboxylic acids is 1. The molecule has 0 bridgehead atoms. The quantitative estimate of drug-likeness (QED) is 0.732. The first kappa shape index (κ1) is 20.3. The fourth-order valence-electron chi connectivity index (χ4n) is 1.97. The van der Waals surface area contributed by atoms with E-state index in [1.54, 1.807) is 54.6 Å². The zero-order valence-electron chi connectivity index (χ0n) is 14.3. The van der Waals surface area contributed by atoms with Crippen molar-refractivity contribution in [1.29, 1.82) is 0 Å². The molecule has 2 rings (SSSR count). The van der Waals surface area contributed by atoms with Crippen molar-refractivity contribution in [2.45, 2.75) is 25.0 Å². The summed E-state index contributed by atoms with van der Waals surface area (Å²) in [5.74, 6) is -1.90. The molecule has 0 saturated heterocycles. The lowest BCUT2D eigenvalue weighted by atomic mass is 9.96. The Morgan fingerprint density at radius 3 is 1.48 bits per heavy atom. The molecule has 0 aliphatic carbocycles. The van der Waals surface area contributed by atoms with Gasteiger partial charge in [0.1, 0.15) is 0 Å². The van der Waals surface area contributed by atoms with Crippen molar-refractivity contribution >= 4 is 11.9 Å². The van der Waals surface area contributed by atoms with Crippen molar-refractivity contribution in [3.63, 3.8) is 0 Å². The van der Waals surface area contributed by atoms with Gasteiger partial charge < -0.3 is 20.1 Å². The molecule has 0 aliphatic heterocycles. The van der Waals surface area contributed by atoms with Gasteiger partial charge in [-0.3, -0.25) is 0 Å². The van der Waals surface area contributed by atoms with E-state index in [4.69, 9.17) is 5.11 Å². The molecule has 0 saturated carbocycles. The lowest BCUT2D eigenvalue weighted by Crippen LogP contribution is -2.33. The Bertz CT molecular complexity index is 692. The van der Waals surface area contributed by atoms with Gasteiger partial charge in [-0.15, -0.1) is 0 Å². The number of hydrogen-bond donors (Lipinski definition) is 3. The van der Waals surface area contributed by atoms with E-state index in [1.807, 2.05) is 6.07 Å². The molecule has 0 amide bonds. The molecule has 0 radical (unpaired) electrons. The van der Waals surface area contributed by atoms with Gasteiger partial charge in [0, 0.05) is 0 Å². The summed E-state index contributed by atoms with van der Waals surface area (Å²) < 4.78 is 4.48. The summed E-state index contributed by atoms with van der Waals surface area (Å²) in [6.45, 7) is 2.67. The first-order valence-corrected chi connectivity index (χ1v) is 7.51. The number of carboxylic acids is 1. The van der Waals surface area contributed by atoms with Crippen LogP contribution >= 0.6 is 0 Å². The Morgan fingerprint density at radius 1 is 0.800 bits per heavy atom. The second-order valence-electron chi connectivity index (χ2n) is 5.67. The minimum Gasteiger partial charge on any atom is -0.479 e. The van der Waals surface area contributed by atoms with Crippen LogP contribution in [0.4, 0.5) is 0 Å². The average molecular weight is 346 g/mol. The van der Waals surface area contributed by atoms with Crippen LogP contribution in [0.3, 0.4) is 0 Å². The standard InChI is InChI=1S/C10H12O3.C9H10O3/c1-10(12,9(11)13-2)8-6-4-3-5-7-8;1-9(12,8(10)11)7-5-3-2-4-6-7/h3-7,12H,1-2H3;2-6,12H,1H3,(H,10,11)/t;9-/m.1/s1. The summed E-state index contributed by atoms with van der Waals surface area (Å²) >= 11 is 0. The first-order valence-electron chi connectivity index (χ1n) is 7.51.